The van der Waals surface area contributed by atoms with E-state index in [4.69, 9.17) is 37.0 Å². The van der Waals surface area contributed by atoms with Crippen LogP contribution in [0.2, 0.25) is 0 Å². The van der Waals surface area contributed by atoms with E-state index in [0.29, 0.717) is 25.7 Å². The average Bonchev–Trinajstić information content (AvgIpc) is 0.937. The Hall–Kier alpha value is -1.94. The second-order valence-corrected chi connectivity index (χ2v) is 32.9. The van der Waals surface area contributed by atoms with Crippen molar-refractivity contribution in [3.05, 3.63) is 0 Å². The third-order valence-corrected chi connectivity index (χ3v) is 21.2. The summed E-state index contributed by atoms with van der Waals surface area (Å²) < 4.78 is 68.6. The molecule has 2 unspecified atom stereocenters. The van der Waals surface area contributed by atoms with E-state index in [1.54, 1.807) is 0 Å². The zero-order valence-electron chi connectivity index (χ0n) is 66.1. The topological polar surface area (TPSA) is 237 Å². The third-order valence-electron chi connectivity index (χ3n) is 19.3. The summed E-state index contributed by atoms with van der Waals surface area (Å²) in [7, 11) is -9.91. The van der Waals surface area contributed by atoms with Crippen LogP contribution in [0.15, 0.2) is 0 Å². The fourth-order valence-corrected chi connectivity index (χ4v) is 14.3. The number of ether oxygens (including phenoxy) is 4. The molecule has 0 aliphatic rings. The fourth-order valence-electron chi connectivity index (χ4n) is 12.8. The molecule has 3 N–H and O–H groups in total. The van der Waals surface area contributed by atoms with Crippen LogP contribution in [0.4, 0.5) is 0 Å². The molecule has 0 radical (unpaired) electrons. The summed E-state index contributed by atoms with van der Waals surface area (Å²) in [5.41, 5.74) is 0. The van der Waals surface area contributed by atoms with Crippen molar-refractivity contribution < 1.29 is 80.2 Å². The highest BCUT2D eigenvalue weighted by atomic mass is 31.2. The number of hydrogen-bond donors (Lipinski definition) is 3. The minimum Gasteiger partial charge on any atom is -0.462 e. The maximum absolute atomic E-state index is 13.1. The number of carbonyl (C=O) groups is 4. The summed E-state index contributed by atoms with van der Waals surface area (Å²) in [6, 6.07) is 0. The summed E-state index contributed by atoms with van der Waals surface area (Å²) in [6.07, 6.45) is 67.1. The van der Waals surface area contributed by atoms with Gasteiger partial charge in [-0.2, -0.15) is 0 Å². The summed E-state index contributed by atoms with van der Waals surface area (Å²) in [4.78, 5) is 72.9. The van der Waals surface area contributed by atoms with Crippen LogP contribution in [0.1, 0.15) is 439 Å². The number of carbonyl (C=O) groups excluding carboxylic acids is 4. The van der Waals surface area contributed by atoms with Crippen molar-refractivity contribution in [2.75, 3.05) is 39.6 Å². The van der Waals surface area contributed by atoms with E-state index in [9.17, 15) is 43.2 Å². The Labute approximate surface area is 619 Å². The second kappa shape index (κ2) is 74.9. The monoisotopic (exact) mass is 1480 g/mol. The van der Waals surface area contributed by atoms with Gasteiger partial charge in [-0.3, -0.25) is 37.3 Å². The molecule has 0 spiro atoms. The predicted octanol–water partition coefficient (Wildman–Crippen LogP) is 24.8. The summed E-state index contributed by atoms with van der Waals surface area (Å²) >= 11 is 0. The molecule has 0 fully saturated rings. The van der Waals surface area contributed by atoms with Crippen molar-refractivity contribution in [2.45, 2.75) is 457 Å². The van der Waals surface area contributed by atoms with Gasteiger partial charge in [0, 0.05) is 25.7 Å². The smallest absolute Gasteiger partial charge is 0.462 e. The number of unbranched alkanes of at least 4 members (excludes halogenated alkanes) is 54. The molecule has 0 aromatic heterocycles. The molecule has 0 amide bonds. The predicted molar refractivity (Wildman–Crippen MR) is 414 cm³/mol. The van der Waals surface area contributed by atoms with Gasteiger partial charge in [-0.15, -0.1) is 0 Å². The molecule has 0 rings (SSSR count). The SMILES string of the molecule is CCCCCCCCCCCCCCCCCCCCCCCC(=O)OC[C@H](COP(=O)(O)OC[C@@H](O)COP(=O)(O)OC[C@@H](COC(=O)CCCCCCCCCC)OC(=O)CCCCCCCCCCC(C)C)OC(=O)CCCCCCCCCCCCCCCCCCCCCCC. The number of aliphatic hydroxyl groups is 1. The van der Waals surface area contributed by atoms with E-state index in [2.05, 4.69) is 34.6 Å². The van der Waals surface area contributed by atoms with E-state index in [0.717, 1.165) is 102 Å². The number of phosphoric ester groups is 2. The molecular weight excluding hydrogens is 1320 g/mol. The van der Waals surface area contributed by atoms with Gasteiger partial charge in [-0.1, -0.05) is 388 Å². The lowest BCUT2D eigenvalue weighted by atomic mass is 10.0. The summed E-state index contributed by atoms with van der Waals surface area (Å²) in [5, 5.41) is 10.6. The van der Waals surface area contributed by atoms with Crippen LogP contribution in [0.25, 0.3) is 0 Å². The zero-order valence-corrected chi connectivity index (χ0v) is 67.8. The summed E-state index contributed by atoms with van der Waals surface area (Å²) in [6.45, 7) is 7.25. The Kier molecular flexibility index (Phi) is 73.5. The Morgan fingerprint density at radius 2 is 0.455 bits per heavy atom. The van der Waals surface area contributed by atoms with Gasteiger partial charge in [-0.05, 0) is 31.6 Å². The van der Waals surface area contributed by atoms with Crippen molar-refractivity contribution in [1.29, 1.82) is 0 Å². The van der Waals surface area contributed by atoms with E-state index in [1.807, 2.05) is 0 Å². The molecule has 0 heterocycles. The van der Waals surface area contributed by atoms with Gasteiger partial charge in [-0.25, -0.2) is 9.13 Å². The van der Waals surface area contributed by atoms with Gasteiger partial charge < -0.3 is 33.8 Å². The van der Waals surface area contributed by atoms with E-state index in [1.165, 1.54) is 257 Å². The van der Waals surface area contributed by atoms with Gasteiger partial charge in [0.1, 0.15) is 19.3 Å². The van der Waals surface area contributed by atoms with Gasteiger partial charge in [0.25, 0.3) is 0 Å². The molecule has 0 aliphatic heterocycles. The first-order chi connectivity index (χ1) is 49.0. The Balaban J connectivity index is 5.15. The van der Waals surface area contributed by atoms with Crippen molar-refractivity contribution in [2.24, 2.45) is 5.92 Å². The van der Waals surface area contributed by atoms with Gasteiger partial charge in [0.2, 0.25) is 0 Å². The summed E-state index contributed by atoms with van der Waals surface area (Å²) in [5.74, 6) is -1.39. The molecule has 101 heavy (non-hydrogen) atoms. The second-order valence-electron chi connectivity index (χ2n) is 30.0. The van der Waals surface area contributed by atoms with E-state index < -0.39 is 97.5 Å². The molecule has 0 aromatic rings. The van der Waals surface area contributed by atoms with Crippen molar-refractivity contribution in [1.82, 2.24) is 0 Å². The van der Waals surface area contributed by atoms with E-state index >= 15 is 0 Å². The van der Waals surface area contributed by atoms with Crippen LogP contribution in [0.3, 0.4) is 0 Å². The lowest BCUT2D eigenvalue weighted by molar-refractivity contribution is -0.161. The Bertz CT molecular complexity index is 1930. The number of aliphatic hydroxyl groups excluding tert-OH is 1. The minimum absolute atomic E-state index is 0.105. The quantitative estimate of drug-likeness (QED) is 0.0222. The van der Waals surface area contributed by atoms with Crippen molar-refractivity contribution >= 4 is 39.5 Å². The third kappa shape index (κ3) is 76.1. The Morgan fingerprint density at radius 1 is 0.267 bits per heavy atom. The highest BCUT2D eigenvalue weighted by molar-refractivity contribution is 7.47. The van der Waals surface area contributed by atoms with E-state index in [-0.39, 0.29) is 25.7 Å². The molecule has 5 atom stereocenters. The molecule has 0 aliphatic carbocycles. The molecular formula is C82H160O17P2. The molecule has 0 saturated heterocycles. The first-order valence-corrected chi connectivity index (χ1v) is 45.6. The number of phosphoric acid groups is 2. The van der Waals surface area contributed by atoms with Crippen molar-refractivity contribution in [3.8, 4) is 0 Å². The molecule has 600 valence electrons. The lowest BCUT2D eigenvalue weighted by Crippen LogP contribution is -2.30. The van der Waals surface area contributed by atoms with Crippen LogP contribution >= 0.6 is 15.6 Å². The largest absolute Gasteiger partial charge is 0.472 e. The first kappa shape index (κ1) is 99.1. The maximum atomic E-state index is 13.1. The first-order valence-electron chi connectivity index (χ1n) is 42.6. The fraction of sp³-hybridized carbons (Fsp3) is 0.951. The molecule has 0 bridgehead atoms. The van der Waals surface area contributed by atoms with Crippen LogP contribution < -0.4 is 0 Å². The number of rotatable bonds is 82. The van der Waals surface area contributed by atoms with Gasteiger partial charge in [0.05, 0.1) is 26.4 Å². The molecule has 19 heteroatoms. The molecule has 0 saturated carbocycles. The van der Waals surface area contributed by atoms with Gasteiger partial charge in [0.15, 0.2) is 12.2 Å². The van der Waals surface area contributed by atoms with Crippen LogP contribution in [0, 0.1) is 5.92 Å². The normalized spacial score (nSPS) is 13.8. The Morgan fingerprint density at radius 3 is 0.673 bits per heavy atom. The van der Waals surface area contributed by atoms with Gasteiger partial charge >= 0.3 is 39.5 Å². The highest BCUT2D eigenvalue weighted by Gasteiger charge is 2.30. The molecule has 17 nitrogen and oxygen atoms in total. The van der Waals surface area contributed by atoms with Crippen molar-refractivity contribution in [3.63, 3.8) is 0 Å². The highest BCUT2D eigenvalue weighted by Crippen LogP contribution is 2.45. The minimum atomic E-state index is -4.96. The van der Waals surface area contributed by atoms with Crippen LogP contribution in [-0.2, 0) is 65.4 Å². The number of esters is 4. The lowest BCUT2D eigenvalue weighted by Gasteiger charge is -2.21. The van der Waals surface area contributed by atoms with Crippen LogP contribution in [-0.4, -0.2) is 96.7 Å². The zero-order chi connectivity index (χ0) is 74.1. The molecule has 0 aromatic carbocycles. The van der Waals surface area contributed by atoms with Crippen LogP contribution in [0.5, 0.6) is 0 Å². The standard InChI is InChI=1S/C82H160O17P2/c1-6-9-12-15-18-21-23-25-27-29-31-33-35-37-39-41-43-45-51-56-61-66-80(85)93-72-78(98-81(86)67-62-57-52-46-44-42-40-38-36-34-32-30-28-26-24-22-19-16-13-10-7-2)74-97-101(90,91)95-70-76(83)69-94-100(88,89)96-73-77(71-92-79(84)65-60-55-50-20-17-14-11-8-3)99-82(87)68-63-58-53-48-47-49-54-59-64-75(4)5/h75-78,83H,6-74H2,1-5H3,(H,88,89)(H,90,91)/t76-,77+,78+/m0/s1. The number of hydrogen-bond acceptors (Lipinski definition) is 15. The average molecular weight is 1480 g/mol. The maximum Gasteiger partial charge on any atom is 0.472 e.